The molecule has 0 spiro atoms. The van der Waals surface area contributed by atoms with Gasteiger partial charge in [-0.15, -0.1) is 11.3 Å². The van der Waals surface area contributed by atoms with Gasteiger partial charge in [0.25, 0.3) is 0 Å². The molecule has 0 aliphatic heterocycles. The molecule has 6 heteroatoms. The molecule has 2 aromatic carbocycles. The van der Waals surface area contributed by atoms with E-state index in [1.165, 1.54) is 11.3 Å². The number of nitrogens with one attached hydrogen (secondary N) is 1. The number of furan rings is 1. The fourth-order valence-corrected chi connectivity index (χ4v) is 3.38. The summed E-state index contributed by atoms with van der Waals surface area (Å²) in [6.45, 7) is 0. The van der Waals surface area contributed by atoms with E-state index in [4.69, 9.17) is 9.15 Å². The average molecular weight is 364 g/mol. The van der Waals surface area contributed by atoms with E-state index in [0.717, 1.165) is 22.3 Å². The monoisotopic (exact) mass is 364 g/mol. The maximum Gasteiger partial charge on any atom is 0.230 e. The summed E-state index contributed by atoms with van der Waals surface area (Å²) in [5.74, 6) is 1.34. The van der Waals surface area contributed by atoms with Gasteiger partial charge in [-0.3, -0.25) is 4.79 Å². The molecule has 5 nitrogen and oxygen atoms in total. The topological polar surface area (TPSA) is 64.4 Å². The van der Waals surface area contributed by atoms with Crippen molar-refractivity contribution in [1.82, 2.24) is 4.98 Å². The van der Waals surface area contributed by atoms with E-state index < -0.39 is 0 Å². The van der Waals surface area contributed by atoms with E-state index in [0.29, 0.717) is 23.0 Å². The highest BCUT2D eigenvalue weighted by molar-refractivity contribution is 7.14. The number of ether oxygens (including phenoxy) is 1. The molecular formula is C20H16N2O3S. The maximum absolute atomic E-state index is 12.2. The van der Waals surface area contributed by atoms with E-state index in [1.54, 1.807) is 7.11 Å². The van der Waals surface area contributed by atoms with Crippen LogP contribution in [0.2, 0.25) is 0 Å². The second kappa shape index (κ2) is 7.01. The summed E-state index contributed by atoms with van der Waals surface area (Å²) in [6.07, 6.45) is 0.320. The number of carbonyl (C=O) groups excluding carboxylic acids is 1. The van der Waals surface area contributed by atoms with Gasteiger partial charge in [0.1, 0.15) is 17.0 Å². The quantitative estimate of drug-likeness (QED) is 0.555. The predicted octanol–water partition coefficient (Wildman–Crippen LogP) is 4.75. The molecule has 0 aliphatic carbocycles. The normalized spacial score (nSPS) is 10.8. The van der Waals surface area contributed by atoms with Crippen molar-refractivity contribution in [3.63, 3.8) is 0 Å². The third kappa shape index (κ3) is 3.45. The first-order valence-electron chi connectivity index (χ1n) is 8.08. The molecular weight excluding hydrogens is 348 g/mol. The van der Waals surface area contributed by atoms with Gasteiger partial charge >= 0.3 is 0 Å². The minimum atomic E-state index is -0.0913. The van der Waals surface area contributed by atoms with Crippen molar-refractivity contribution in [3.05, 3.63) is 65.5 Å². The number of anilines is 1. The van der Waals surface area contributed by atoms with Gasteiger partial charge in [0.15, 0.2) is 10.9 Å². The Hall–Kier alpha value is -3.12. The Labute approximate surface area is 154 Å². The molecule has 130 valence electrons. The molecule has 0 unspecified atom stereocenters. The molecule has 4 aromatic rings. The lowest BCUT2D eigenvalue weighted by Crippen LogP contribution is -2.14. The fraction of sp³-hybridized carbons (Fsp3) is 0.100. The molecule has 0 radical (unpaired) electrons. The highest BCUT2D eigenvalue weighted by atomic mass is 32.1. The smallest absolute Gasteiger partial charge is 0.230 e. The summed E-state index contributed by atoms with van der Waals surface area (Å²) in [7, 11) is 1.63. The fourth-order valence-electron chi connectivity index (χ4n) is 2.66. The third-order valence-electron chi connectivity index (χ3n) is 3.93. The number of methoxy groups -OCH3 is 1. The summed E-state index contributed by atoms with van der Waals surface area (Å²) >= 11 is 1.37. The number of fused-ring (bicyclic) bond motifs is 1. The van der Waals surface area contributed by atoms with Crippen LogP contribution in [-0.2, 0) is 11.2 Å². The van der Waals surface area contributed by atoms with Crippen molar-refractivity contribution in [2.24, 2.45) is 0 Å². The molecule has 26 heavy (non-hydrogen) atoms. The van der Waals surface area contributed by atoms with Crippen LogP contribution in [0.15, 0.2) is 64.4 Å². The number of rotatable bonds is 5. The van der Waals surface area contributed by atoms with E-state index in [1.807, 2.05) is 60.0 Å². The van der Waals surface area contributed by atoms with Crippen molar-refractivity contribution >= 4 is 33.3 Å². The first kappa shape index (κ1) is 16.4. The van der Waals surface area contributed by atoms with Crippen molar-refractivity contribution in [1.29, 1.82) is 0 Å². The highest BCUT2D eigenvalue weighted by Crippen LogP contribution is 2.31. The number of amides is 1. The van der Waals surface area contributed by atoms with Crippen LogP contribution < -0.4 is 10.1 Å². The van der Waals surface area contributed by atoms with Crippen molar-refractivity contribution in [2.75, 3.05) is 12.4 Å². The van der Waals surface area contributed by atoms with Gasteiger partial charge in [-0.05, 0) is 29.8 Å². The van der Waals surface area contributed by atoms with Crippen LogP contribution in [0.3, 0.4) is 0 Å². The molecule has 1 amide bonds. The van der Waals surface area contributed by atoms with Gasteiger partial charge in [0.2, 0.25) is 5.91 Å². The Balaban J connectivity index is 1.50. The zero-order chi connectivity index (χ0) is 17.9. The second-order valence-electron chi connectivity index (χ2n) is 5.76. The lowest BCUT2D eigenvalue weighted by Gasteiger charge is -2.01. The van der Waals surface area contributed by atoms with E-state index in [-0.39, 0.29) is 5.91 Å². The number of hydrogen-bond acceptors (Lipinski definition) is 5. The van der Waals surface area contributed by atoms with Gasteiger partial charge in [-0.2, -0.15) is 0 Å². The molecule has 2 heterocycles. The Kier molecular flexibility index (Phi) is 4.41. The van der Waals surface area contributed by atoms with Crippen LogP contribution >= 0.6 is 11.3 Å². The van der Waals surface area contributed by atoms with Crippen LogP contribution in [0.25, 0.3) is 22.4 Å². The molecule has 0 bridgehead atoms. The van der Waals surface area contributed by atoms with Gasteiger partial charge in [-0.1, -0.05) is 30.3 Å². The molecule has 0 saturated heterocycles. The maximum atomic E-state index is 12.2. The summed E-state index contributed by atoms with van der Waals surface area (Å²) in [5, 5.41) is 6.21. The van der Waals surface area contributed by atoms with Gasteiger partial charge in [0.05, 0.1) is 13.5 Å². The van der Waals surface area contributed by atoms with Crippen molar-refractivity contribution in [2.45, 2.75) is 6.42 Å². The molecule has 0 saturated carbocycles. The van der Waals surface area contributed by atoms with Crippen LogP contribution in [0, 0.1) is 0 Å². The van der Waals surface area contributed by atoms with Gasteiger partial charge in [0, 0.05) is 10.8 Å². The molecule has 4 rings (SSSR count). The Morgan fingerprint density at radius 3 is 2.85 bits per heavy atom. The van der Waals surface area contributed by atoms with Crippen molar-refractivity contribution in [3.8, 4) is 17.2 Å². The number of hydrogen-bond donors (Lipinski definition) is 1. The van der Waals surface area contributed by atoms with Gasteiger partial charge < -0.3 is 14.5 Å². The number of benzene rings is 2. The largest absolute Gasteiger partial charge is 0.497 e. The van der Waals surface area contributed by atoms with Crippen LogP contribution in [0.4, 0.5) is 5.13 Å². The second-order valence-corrected chi connectivity index (χ2v) is 6.62. The summed E-state index contributed by atoms with van der Waals surface area (Å²) in [4.78, 5) is 16.6. The number of carbonyl (C=O) groups is 1. The lowest BCUT2D eigenvalue weighted by molar-refractivity contribution is -0.115. The first-order chi connectivity index (χ1) is 12.7. The molecule has 0 atom stereocenters. The van der Waals surface area contributed by atoms with E-state index >= 15 is 0 Å². The van der Waals surface area contributed by atoms with E-state index in [2.05, 4.69) is 10.3 Å². The summed E-state index contributed by atoms with van der Waals surface area (Å²) in [5.41, 5.74) is 2.43. The van der Waals surface area contributed by atoms with Crippen molar-refractivity contribution < 1.29 is 13.9 Å². The minimum absolute atomic E-state index is 0.0913. The zero-order valence-corrected chi connectivity index (χ0v) is 14.9. The Morgan fingerprint density at radius 1 is 1.19 bits per heavy atom. The zero-order valence-electron chi connectivity index (χ0n) is 14.1. The summed E-state index contributed by atoms with van der Waals surface area (Å²) in [6, 6.07) is 17.2. The highest BCUT2D eigenvalue weighted by Gasteiger charge is 2.12. The number of thiazole rings is 1. The Bertz CT molecular complexity index is 1050. The molecule has 0 aliphatic rings. The summed E-state index contributed by atoms with van der Waals surface area (Å²) < 4.78 is 11.1. The minimum Gasteiger partial charge on any atom is -0.497 e. The van der Waals surface area contributed by atoms with Gasteiger partial charge in [-0.25, -0.2) is 4.98 Å². The van der Waals surface area contributed by atoms with E-state index in [9.17, 15) is 4.79 Å². The predicted molar refractivity (Wildman–Crippen MR) is 103 cm³/mol. The SMILES string of the molecule is COc1ccc2oc(-c3csc(NC(=O)Cc4ccccc4)n3)cc2c1. The van der Waals surface area contributed by atoms with Crippen LogP contribution in [0.1, 0.15) is 5.56 Å². The lowest BCUT2D eigenvalue weighted by atomic mass is 10.1. The standard InChI is InChI=1S/C20H16N2O3S/c1-24-15-7-8-17-14(10-15)11-18(25-17)16-12-26-20(21-16)22-19(23)9-13-5-3-2-4-6-13/h2-8,10-12H,9H2,1H3,(H,21,22,23). The van der Waals surface area contributed by atoms with Crippen LogP contribution in [-0.4, -0.2) is 18.0 Å². The van der Waals surface area contributed by atoms with Crippen LogP contribution in [0.5, 0.6) is 5.75 Å². The number of nitrogens with zero attached hydrogens (tertiary/aromatic N) is 1. The molecule has 2 aromatic heterocycles. The molecule has 1 N–H and O–H groups in total. The Morgan fingerprint density at radius 2 is 2.04 bits per heavy atom. The third-order valence-corrected chi connectivity index (χ3v) is 4.69. The molecule has 0 fully saturated rings. The number of aromatic nitrogens is 1. The average Bonchev–Trinajstić information content (AvgIpc) is 3.28. The first-order valence-corrected chi connectivity index (χ1v) is 8.96.